The highest BCUT2D eigenvalue weighted by Crippen LogP contribution is 2.37. The molecular formula is C27H27N3O5S. The van der Waals surface area contributed by atoms with Crippen molar-refractivity contribution >= 4 is 23.3 Å². The van der Waals surface area contributed by atoms with Crippen LogP contribution in [0.1, 0.15) is 35.4 Å². The maximum absolute atomic E-state index is 13.1. The number of piperidine rings is 1. The van der Waals surface area contributed by atoms with Gasteiger partial charge in [0.2, 0.25) is 5.91 Å². The summed E-state index contributed by atoms with van der Waals surface area (Å²) in [5, 5.41) is 3.18. The van der Waals surface area contributed by atoms with Crippen molar-refractivity contribution in [2.24, 2.45) is 0 Å². The normalized spacial score (nSPS) is 19.9. The second-order valence-electron chi connectivity index (χ2n) is 9.22. The van der Waals surface area contributed by atoms with Crippen molar-refractivity contribution in [2.75, 3.05) is 39.5 Å². The Bertz CT molecular complexity index is 1260. The van der Waals surface area contributed by atoms with Gasteiger partial charge in [-0.15, -0.1) is 11.3 Å². The molecule has 0 radical (unpaired) electrons. The fourth-order valence-electron chi connectivity index (χ4n) is 5.01. The first-order chi connectivity index (χ1) is 17.7. The number of hydrogen-bond acceptors (Lipinski definition) is 7. The predicted molar refractivity (Wildman–Crippen MR) is 134 cm³/mol. The van der Waals surface area contributed by atoms with E-state index in [1.54, 1.807) is 16.2 Å². The summed E-state index contributed by atoms with van der Waals surface area (Å²) in [5.74, 6) is 1.81. The Morgan fingerprint density at radius 3 is 2.58 bits per heavy atom. The van der Waals surface area contributed by atoms with E-state index in [9.17, 15) is 9.59 Å². The third kappa shape index (κ3) is 4.51. The number of amides is 2. The van der Waals surface area contributed by atoms with Crippen molar-refractivity contribution in [1.82, 2.24) is 14.8 Å². The Kier molecular flexibility index (Phi) is 6.23. The van der Waals surface area contributed by atoms with Gasteiger partial charge in [-0.1, -0.05) is 30.3 Å². The second kappa shape index (κ2) is 9.81. The van der Waals surface area contributed by atoms with Gasteiger partial charge in [0.05, 0.1) is 16.7 Å². The molecule has 0 saturated carbocycles. The van der Waals surface area contributed by atoms with Crippen LogP contribution in [0.4, 0.5) is 4.79 Å². The van der Waals surface area contributed by atoms with E-state index in [1.165, 1.54) is 0 Å². The summed E-state index contributed by atoms with van der Waals surface area (Å²) in [6, 6.07) is 15.4. The molecule has 6 rings (SSSR count). The first-order valence-corrected chi connectivity index (χ1v) is 13.2. The molecule has 4 heterocycles. The standard InChI is InChI=1S/C27H27N3O5S/c31-25(15-30-22(16-35-27(30)32)18-4-2-1-3-5-18)29-10-8-19(9-11-29)26-28-21(17-36-26)20-6-7-23-24(14-20)34-13-12-33-23/h1-7,14,17,19,22H,8-13,15-16H2. The molecule has 36 heavy (non-hydrogen) atoms. The summed E-state index contributed by atoms with van der Waals surface area (Å²) in [6.07, 6.45) is 1.28. The summed E-state index contributed by atoms with van der Waals surface area (Å²) >= 11 is 1.67. The minimum atomic E-state index is -0.429. The Balaban J connectivity index is 1.07. The molecule has 1 atom stereocenters. The molecule has 2 fully saturated rings. The zero-order valence-corrected chi connectivity index (χ0v) is 20.6. The minimum absolute atomic E-state index is 0.0363. The van der Waals surface area contributed by atoms with E-state index in [-0.39, 0.29) is 25.1 Å². The van der Waals surface area contributed by atoms with Crippen molar-refractivity contribution in [3.8, 4) is 22.8 Å². The molecule has 8 nitrogen and oxygen atoms in total. The summed E-state index contributed by atoms with van der Waals surface area (Å²) in [5.41, 5.74) is 2.93. The number of cyclic esters (lactones) is 1. The fraction of sp³-hybridized carbons (Fsp3) is 0.370. The highest BCUT2D eigenvalue weighted by Gasteiger charge is 2.37. The number of aromatic nitrogens is 1. The molecule has 186 valence electrons. The molecule has 2 aromatic carbocycles. The number of thiazole rings is 1. The molecule has 0 aliphatic carbocycles. The molecule has 9 heteroatoms. The zero-order valence-electron chi connectivity index (χ0n) is 19.8. The highest BCUT2D eigenvalue weighted by atomic mass is 32.1. The molecule has 3 aromatic rings. The van der Waals surface area contributed by atoms with E-state index in [2.05, 4.69) is 5.38 Å². The van der Waals surface area contributed by atoms with E-state index >= 15 is 0 Å². The van der Waals surface area contributed by atoms with Crippen molar-refractivity contribution < 1.29 is 23.8 Å². The lowest BCUT2D eigenvalue weighted by Crippen LogP contribution is -2.44. The van der Waals surface area contributed by atoms with Crippen molar-refractivity contribution in [3.63, 3.8) is 0 Å². The second-order valence-corrected chi connectivity index (χ2v) is 10.1. The summed E-state index contributed by atoms with van der Waals surface area (Å²) in [7, 11) is 0. The Morgan fingerprint density at radius 1 is 1.00 bits per heavy atom. The van der Waals surface area contributed by atoms with Crippen LogP contribution in [0, 0.1) is 0 Å². The first-order valence-electron chi connectivity index (χ1n) is 12.3. The van der Waals surface area contributed by atoms with Crippen LogP contribution in [-0.4, -0.2) is 66.2 Å². The maximum atomic E-state index is 13.1. The summed E-state index contributed by atoms with van der Waals surface area (Å²) < 4.78 is 16.6. The monoisotopic (exact) mass is 505 g/mol. The number of fused-ring (bicyclic) bond motifs is 1. The van der Waals surface area contributed by atoms with Gasteiger partial charge < -0.3 is 19.1 Å². The van der Waals surface area contributed by atoms with E-state index in [1.807, 2.05) is 53.4 Å². The van der Waals surface area contributed by atoms with Gasteiger partial charge >= 0.3 is 6.09 Å². The minimum Gasteiger partial charge on any atom is -0.486 e. The van der Waals surface area contributed by atoms with Crippen molar-refractivity contribution in [3.05, 3.63) is 64.5 Å². The SMILES string of the molecule is O=C(CN1C(=O)OCC1c1ccccc1)N1CCC(c2nc(-c3ccc4c(c3)OCCO4)cs2)CC1. The van der Waals surface area contributed by atoms with Crippen LogP contribution in [0.15, 0.2) is 53.9 Å². The molecule has 0 spiro atoms. The van der Waals surface area contributed by atoms with Gasteiger partial charge in [-0.05, 0) is 36.6 Å². The van der Waals surface area contributed by atoms with Crippen LogP contribution in [0.3, 0.4) is 0 Å². The van der Waals surface area contributed by atoms with Crippen LogP contribution in [-0.2, 0) is 9.53 Å². The lowest BCUT2D eigenvalue weighted by atomic mass is 9.97. The van der Waals surface area contributed by atoms with Crippen LogP contribution in [0.2, 0.25) is 0 Å². The number of hydrogen-bond donors (Lipinski definition) is 0. The van der Waals surface area contributed by atoms with Gasteiger partial charge in [0.25, 0.3) is 0 Å². The third-order valence-corrected chi connectivity index (χ3v) is 8.03. The number of carbonyl (C=O) groups excluding carboxylic acids is 2. The molecule has 0 N–H and O–H groups in total. The molecule has 2 saturated heterocycles. The quantitative estimate of drug-likeness (QED) is 0.509. The van der Waals surface area contributed by atoms with Gasteiger partial charge in [0.15, 0.2) is 11.5 Å². The lowest BCUT2D eigenvalue weighted by Gasteiger charge is -2.32. The Labute approximate surface area is 213 Å². The summed E-state index contributed by atoms with van der Waals surface area (Å²) in [6.45, 7) is 2.75. The first kappa shape index (κ1) is 22.8. The predicted octanol–water partition coefficient (Wildman–Crippen LogP) is 4.48. The zero-order chi connectivity index (χ0) is 24.5. The van der Waals surface area contributed by atoms with Gasteiger partial charge in [-0.3, -0.25) is 9.69 Å². The number of likely N-dealkylation sites (tertiary alicyclic amines) is 1. The largest absolute Gasteiger partial charge is 0.486 e. The molecular weight excluding hydrogens is 478 g/mol. The Morgan fingerprint density at radius 2 is 1.78 bits per heavy atom. The van der Waals surface area contributed by atoms with E-state index in [0.717, 1.165) is 46.2 Å². The lowest BCUT2D eigenvalue weighted by molar-refractivity contribution is -0.133. The van der Waals surface area contributed by atoms with E-state index < -0.39 is 6.09 Å². The van der Waals surface area contributed by atoms with Gasteiger partial charge in [-0.2, -0.15) is 0 Å². The average molecular weight is 506 g/mol. The van der Waals surface area contributed by atoms with Gasteiger partial charge in [0, 0.05) is 30.0 Å². The number of ether oxygens (including phenoxy) is 3. The summed E-state index contributed by atoms with van der Waals surface area (Å²) in [4.78, 5) is 33.7. The molecule has 1 unspecified atom stereocenters. The van der Waals surface area contributed by atoms with E-state index in [4.69, 9.17) is 19.2 Å². The van der Waals surface area contributed by atoms with Gasteiger partial charge in [0.1, 0.15) is 26.4 Å². The van der Waals surface area contributed by atoms with Crippen LogP contribution in [0.5, 0.6) is 11.5 Å². The molecule has 3 aliphatic rings. The van der Waals surface area contributed by atoms with Crippen LogP contribution >= 0.6 is 11.3 Å². The van der Waals surface area contributed by atoms with Crippen molar-refractivity contribution in [2.45, 2.75) is 24.8 Å². The molecule has 1 aromatic heterocycles. The number of nitrogens with zero attached hydrogens (tertiary/aromatic N) is 3. The number of benzene rings is 2. The van der Waals surface area contributed by atoms with Gasteiger partial charge in [-0.25, -0.2) is 9.78 Å². The van der Waals surface area contributed by atoms with Crippen LogP contribution < -0.4 is 9.47 Å². The number of rotatable bonds is 5. The molecule has 2 amide bonds. The third-order valence-electron chi connectivity index (χ3n) is 7.02. The molecule has 3 aliphatic heterocycles. The smallest absolute Gasteiger partial charge is 0.410 e. The van der Waals surface area contributed by atoms with E-state index in [0.29, 0.717) is 32.2 Å². The topological polar surface area (TPSA) is 81.2 Å². The Hall–Kier alpha value is -3.59. The molecule has 0 bridgehead atoms. The maximum Gasteiger partial charge on any atom is 0.410 e. The highest BCUT2D eigenvalue weighted by molar-refractivity contribution is 7.10. The van der Waals surface area contributed by atoms with Crippen LogP contribution in [0.25, 0.3) is 11.3 Å². The number of carbonyl (C=O) groups is 2. The van der Waals surface area contributed by atoms with Crippen molar-refractivity contribution in [1.29, 1.82) is 0 Å². The average Bonchev–Trinajstić information content (AvgIpc) is 3.56. The fourth-order valence-corrected chi connectivity index (χ4v) is 6.01.